The molecule has 0 aliphatic carbocycles. The van der Waals surface area contributed by atoms with Crippen molar-refractivity contribution in [1.29, 1.82) is 0 Å². The number of hydrogen-bond donors (Lipinski definition) is 0. The van der Waals surface area contributed by atoms with Crippen LogP contribution in [0.5, 0.6) is 0 Å². The van der Waals surface area contributed by atoms with E-state index in [9.17, 15) is 4.79 Å². The van der Waals surface area contributed by atoms with Gasteiger partial charge in [-0.1, -0.05) is 0 Å². The number of halogens is 1. The maximum atomic E-state index is 12.7. The van der Waals surface area contributed by atoms with Crippen LogP contribution in [0.15, 0.2) is 52.8 Å². The first-order valence-electron chi connectivity index (χ1n) is 8.40. The molecule has 1 fully saturated rings. The molecule has 4 rings (SSSR count). The zero-order chi connectivity index (χ0) is 17.9. The molecule has 0 unspecified atom stereocenters. The minimum Gasteiger partial charge on any atom is -0.336 e. The van der Waals surface area contributed by atoms with E-state index in [2.05, 4.69) is 43.0 Å². The Kier molecular flexibility index (Phi) is 5.14. The molecule has 3 aromatic rings. The van der Waals surface area contributed by atoms with Gasteiger partial charge in [-0.05, 0) is 52.3 Å². The van der Waals surface area contributed by atoms with Crippen molar-refractivity contribution in [2.45, 2.75) is 6.54 Å². The van der Waals surface area contributed by atoms with Crippen molar-refractivity contribution in [1.82, 2.24) is 24.6 Å². The molecule has 1 aromatic carbocycles. The van der Waals surface area contributed by atoms with Gasteiger partial charge in [0, 0.05) is 43.2 Å². The van der Waals surface area contributed by atoms with Crippen LogP contribution in [-0.4, -0.2) is 56.7 Å². The SMILES string of the molecule is O=C(c1ccc(-n2cncn2)cc1)N1CCN(Cc2ccc(Br)s2)CC1. The molecule has 6 nitrogen and oxygen atoms in total. The molecule has 1 saturated heterocycles. The van der Waals surface area contributed by atoms with Gasteiger partial charge in [0.2, 0.25) is 0 Å². The average molecular weight is 432 g/mol. The molecule has 0 saturated carbocycles. The van der Waals surface area contributed by atoms with Crippen LogP contribution in [0, 0.1) is 0 Å². The van der Waals surface area contributed by atoms with Crippen molar-refractivity contribution in [3.63, 3.8) is 0 Å². The molecule has 26 heavy (non-hydrogen) atoms. The predicted octanol–water partition coefficient (Wildman–Crippen LogP) is 3.05. The van der Waals surface area contributed by atoms with Crippen molar-refractivity contribution >= 4 is 33.2 Å². The van der Waals surface area contributed by atoms with Crippen LogP contribution in [0.1, 0.15) is 15.2 Å². The van der Waals surface area contributed by atoms with Crippen molar-refractivity contribution in [3.05, 3.63) is 63.3 Å². The number of piperazine rings is 1. The fourth-order valence-corrected chi connectivity index (χ4v) is 4.57. The van der Waals surface area contributed by atoms with E-state index >= 15 is 0 Å². The Morgan fingerprint density at radius 2 is 1.85 bits per heavy atom. The Morgan fingerprint density at radius 3 is 2.46 bits per heavy atom. The molecular formula is C18H18BrN5OS. The van der Waals surface area contributed by atoms with Crippen LogP contribution in [0.2, 0.25) is 0 Å². The average Bonchev–Trinajstić information content (AvgIpc) is 3.34. The highest BCUT2D eigenvalue weighted by molar-refractivity contribution is 9.11. The quantitative estimate of drug-likeness (QED) is 0.636. The Hall–Kier alpha value is -2.03. The molecule has 0 atom stereocenters. The van der Waals surface area contributed by atoms with Gasteiger partial charge in [-0.3, -0.25) is 9.69 Å². The summed E-state index contributed by atoms with van der Waals surface area (Å²) in [6.07, 6.45) is 3.13. The summed E-state index contributed by atoms with van der Waals surface area (Å²) in [5.41, 5.74) is 1.61. The summed E-state index contributed by atoms with van der Waals surface area (Å²) >= 11 is 5.28. The Bertz CT molecular complexity index is 869. The van der Waals surface area contributed by atoms with Gasteiger partial charge in [0.05, 0.1) is 9.47 Å². The second kappa shape index (κ2) is 7.69. The molecule has 0 radical (unpaired) electrons. The lowest BCUT2D eigenvalue weighted by Gasteiger charge is -2.34. The van der Waals surface area contributed by atoms with Gasteiger partial charge in [-0.2, -0.15) is 5.10 Å². The molecule has 2 aromatic heterocycles. The largest absolute Gasteiger partial charge is 0.336 e. The number of carbonyl (C=O) groups excluding carboxylic acids is 1. The summed E-state index contributed by atoms with van der Waals surface area (Å²) in [6, 6.07) is 11.7. The zero-order valence-corrected chi connectivity index (χ0v) is 16.5. The van der Waals surface area contributed by atoms with Crippen molar-refractivity contribution in [2.24, 2.45) is 0 Å². The second-order valence-electron chi connectivity index (χ2n) is 6.16. The lowest BCUT2D eigenvalue weighted by molar-refractivity contribution is 0.0629. The van der Waals surface area contributed by atoms with Gasteiger partial charge in [-0.15, -0.1) is 11.3 Å². The summed E-state index contributed by atoms with van der Waals surface area (Å²) in [5.74, 6) is 0.0914. The van der Waals surface area contributed by atoms with Crippen molar-refractivity contribution in [2.75, 3.05) is 26.2 Å². The van der Waals surface area contributed by atoms with E-state index < -0.39 is 0 Å². The summed E-state index contributed by atoms with van der Waals surface area (Å²) in [6.45, 7) is 4.27. The maximum Gasteiger partial charge on any atom is 0.253 e. The maximum absolute atomic E-state index is 12.7. The smallest absolute Gasteiger partial charge is 0.253 e. The molecule has 3 heterocycles. The normalized spacial score (nSPS) is 15.3. The monoisotopic (exact) mass is 431 g/mol. The van der Waals surface area contributed by atoms with Crippen molar-refractivity contribution in [3.8, 4) is 5.69 Å². The standard InChI is InChI=1S/C18H18BrN5OS/c19-17-6-5-16(26-17)11-22-7-9-23(10-8-22)18(25)14-1-3-15(4-2-14)24-13-20-12-21-24/h1-6,12-13H,7-11H2. The van der Waals surface area contributed by atoms with Crippen LogP contribution in [0.25, 0.3) is 5.69 Å². The van der Waals surface area contributed by atoms with E-state index in [4.69, 9.17) is 0 Å². The number of benzene rings is 1. The van der Waals surface area contributed by atoms with E-state index in [1.165, 1.54) is 11.2 Å². The predicted molar refractivity (Wildman–Crippen MR) is 105 cm³/mol. The molecule has 1 amide bonds. The van der Waals surface area contributed by atoms with Gasteiger partial charge in [-0.25, -0.2) is 9.67 Å². The number of aromatic nitrogens is 3. The number of carbonyl (C=O) groups is 1. The molecule has 0 N–H and O–H groups in total. The number of thiophene rings is 1. The number of hydrogen-bond acceptors (Lipinski definition) is 5. The van der Waals surface area contributed by atoms with Crippen LogP contribution >= 0.6 is 27.3 Å². The fraction of sp³-hybridized carbons (Fsp3) is 0.278. The lowest BCUT2D eigenvalue weighted by atomic mass is 10.1. The van der Waals surface area contributed by atoms with Crippen LogP contribution in [0.3, 0.4) is 0 Å². The summed E-state index contributed by atoms with van der Waals surface area (Å²) in [4.78, 5) is 22.4. The summed E-state index contributed by atoms with van der Waals surface area (Å²) in [7, 11) is 0. The molecule has 0 spiro atoms. The van der Waals surface area contributed by atoms with Gasteiger partial charge in [0.1, 0.15) is 12.7 Å². The lowest BCUT2D eigenvalue weighted by Crippen LogP contribution is -2.48. The summed E-state index contributed by atoms with van der Waals surface area (Å²) < 4.78 is 2.84. The van der Waals surface area contributed by atoms with E-state index in [0.29, 0.717) is 5.56 Å². The molecule has 0 bridgehead atoms. The van der Waals surface area contributed by atoms with Gasteiger partial charge in [0.25, 0.3) is 5.91 Å². The first-order valence-corrected chi connectivity index (χ1v) is 10.0. The van der Waals surface area contributed by atoms with Crippen molar-refractivity contribution < 1.29 is 4.79 Å². The van der Waals surface area contributed by atoms with Gasteiger partial charge >= 0.3 is 0 Å². The molecule has 8 heteroatoms. The van der Waals surface area contributed by atoms with Crippen LogP contribution < -0.4 is 0 Å². The first kappa shape index (κ1) is 17.4. The fourth-order valence-electron chi connectivity index (χ4n) is 3.05. The first-order chi connectivity index (χ1) is 12.7. The molecule has 134 valence electrons. The van der Waals surface area contributed by atoms with E-state index in [1.54, 1.807) is 22.3 Å². The number of nitrogens with zero attached hydrogens (tertiary/aromatic N) is 5. The Morgan fingerprint density at radius 1 is 1.08 bits per heavy atom. The zero-order valence-electron chi connectivity index (χ0n) is 14.1. The second-order valence-corrected chi connectivity index (χ2v) is 8.71. The molecule has 1 aliphatic rings. The number of rotatable bonds is 4. The molecule has 1 aliphatic heterocycles. The highest BCUT2D eigenvalue weighted by atomic mass is 79.9. The van der Waals surface area contributed by atoms with E-state index in [0.717, 1.165) is 42.2 Å². The van der Waals surface area contributed by atoms with Gasteiger partial charge in [0.15, 0.2) is 0 Å². The van der Waals surface area contributed by atoms with E-state index in [1.807, 2.05) is 29.2 Å². The highest BCUT2D eigenvalue weighted by Gasteiger charge is 2.22. The molecular weight excluding hydrogens is 414 g/mol. The third kappa shape index (κ3) is 3.87. The van der Waals surface area contributed by atoms with Crippen LogP contribution in [-0.2, 0) is 6.54 Å². The number of amides is 1. The minimum atomic E-state index is 0.0914. The minimum absolute atomic E-state index is 0.0914. The highest BCUT2D eigenvalue weighted by Crippen LogP contribution is 2.23. The Balaban J connectivity index is 1.34. The third-order valence-electron chi connectivity index (χ3n) is 4.47. The van der Waals surface area contributed by atoms with Crippen LogP contribution in [0.4, 0.5) is 0 Å². The van der Waals surface area contributed by atoms with E-state index in [-0.39, 0.29) is 5.91 Å². The third-order valence-corrected chi connectivity index (χ3v) is 6.07. The summed E-state index contributed by atoms with van der Waals surface area (Å²) in [5, 5.41) is 4.10. The topological polar surface area (TPSA) is 54.3 Å². The van der Waals surface area contributed by atoms with Gasteiger partial charge < -0.3 is 4.90 Å². The Labute approximate surface area is 164 Å².